The maximum Gasteiger partial charge on any atom is 0.408 e. The summed E-state index contributed by atoms with van der Waals surface area (Å²) in [7, 11) is 0. The van der Waals surface area contributed by atoms with E-state index in [9.17, 15) is 9.59 Å². The zero-order chi connectivity index (χ0) is 16.0. The van der Waals surface area contributed by atoms with Crippen LogP contribution in [0.1, 0.15) is 26.3 Å². The molecule has 1 atom stereocenters. The van der Waals surface area contributed by atoms with Gasteiger partial charge in [-0.2, -0.15) is 0 Å². The van der Waals surface area contributed by atoms with E-state index in [4.69, 9.17) is 22.8 Å². The summed E-state index contributed by atoms with van der Waals surface area (Å²) in [5.41, 5.74) is 0.0712. The largest absolute Gasteiger partial charge is 0.444 e. The Kier molecular flexibility index (Phi) is 5.80. The molecule has 5 heteroatoms. The number of alkyl carbamates (subject to hydrolysis) is 1. The minimum absolute atomic E-state index is 0.210. The van der Waals surface area contributed by atoms with Gasteiger partial charge in [-0.25, -0.2) is 4.79 Å². The number of hydrogen-bond acceptors (Lipinski definition) is 3. The third kappa shape index (κ3) is 5.88. The summed E-state index contributed by atoms with van der Waals surface area (Å²) in [6.07, 6.45) is 4.66. The summed E-state index contributed by atoms with van der Waals surface area (Å²) in [5.74, 6) is 1.49. The van der Waals surface area contributed by atoms with Crippen LogP contribution in [0.2, 0.25) is 5.02 Å². The Balaban J connectivity index is 2.83. The molecule has 0 fully saturated rings. The van der Waals surface area contributed by atoms with Crippen LogP contribution < -0.4 is 5.32 Å². The highest BCUT2D eigenvalue weighted by Gasteiger charge is 2.24. The second-order valence-corrected chi connectivity index (χ2v) is 5.91. The molecule has 0 saturated carbocycles. The van der Waals surface area contributed by atoms with Crippen LogP contribution in [-0.4, -0.2) is 23.5 Å². The summed E-state index contributed by atoms with van der Waals surface area (Å²) in [5, 5.41) is 3.00. The van der Waals surface area contributed by atoms with E-state index in [0.717, 1.165) is 5.56 Å². The lowest BCUT2D eigenvalue weighted by Gasteiger charge is -2.22. The van der Waals surface area contributed by atoms with Gasteiger partial charge in [0.05, 0.1) is 0 Å². The number of nitrogens with one attached hydrogen (secondary N) is 1. The van der Waals surface area contributed by atoms with Crippen molar-refractivity contribution in [2.24, 2.45) is 0 Å². The average molecular weight is 308 g/mol. The van der Waals surface area contributed by atoms with E-state index in [2.05, 4.69) is 5.32 Å². The molecule has 0 spiro atoms. The average Bonchev–Trinajstić information content (AvgIpc) is 2.37. The number of rotatable bonds is 4. The summed E-state index contributed by atoms with van der Waals surface area (Å²) >= 11 is 6.05. The first-order valence-electron chi connectivity index (χ1n) is 6.46. The highest BCUT2D eigenvalue weighted by molar-refractivity contribution is 6.31. The predicted octanol–water partition coefficient (Wildman–Crippen LogP) is 2.98. The van der Waals surface area contributed by atoms with Crippen molar-refractivity contribution in [3.05, 3.63) is 34.9 Å². The first-order valence-corrected chi connectivity index (χ1v) is 6.84. The van der Waals surface area contributed by atoms with Crippen molar-refractivity contribution in [2.75, 3.05) is 0 Å². The fourth-order valence-electron chi connectivity index (χ4n) is 1.64. The van der Waals surface area contributed by atoms with Gasteiger partial charge in [-0.15, -0.1) is 6.42 Å². The number of Topliss-reactive ketones (excluding diaryl/α,β-unsaturated/α-hetero) is 1. The van der Waals surface area contributed by atoms with E-state index < -0.39 is 23.5 Å². The Bertz CT molecular complexity index is 570. The summed E-state index contributed by atoms with van der Waals surface area (Å²) in [6, 6.07) is 6.19. The molecule has 0 unspecified atom stereocenters. The molecule has 0 aliphatic carbocycles. The molecule has 0 aliphatic rings. The molecular weight excluding hydrogens is 290 g/mol. The number of carbonyl (C=O) groups is 2. The first kappa shape index (κ1) is 17.1. The van der Waals surface area contributed by atoms with Crippen molar-refractivity contribution in [2.45, 2.75) is 38.8 Å². The number of ketones is 1. The number of terminal acetylenes is 1. The highest BCUT2D eigenvalue weighted by Crippen LogP contribution is 2.17. The molecule has 1 aromatic rings. The number of hydrogen-bond donors (Lipinski definition) is 1. The third-order valence-electron chi connectivity index (χ3n) is 2.53. The first-order chi connectivity index (χ1) is 9.73. The Morgan fingerprint density at radius 1 is 1.38 bits per heavy atom. The lowest BCUT2D eigenvalue weighted by atomic mass is 10.0. The molecule has 1 rings (SSSR count). The van der Waals surface area contributed by atoms with Crippen molar-refractivity contribution < 1.29 is 14.3 Å². The van der Waals surface area contributed by atoms with E-state index in [-0.39, 0.29) is 6.42 Å². The summed E-state index contributed by atoms with van der Waals surface area (Å²) in [4.78, 5) is 23.6. The van der Waals surface area contributed by atoms with Gasteiger partial charge < -0.3 is 10.1 Å². The van der Waals surface area contributed by atoms with Gasteiger partial charge in [0.15, 0.2) is 0 Å². The molecule has 21 heavy (non-hydrogen) atoms. The molecule has 4 nitrogen and oxygen atoms in total. The van der Waals surface area contributed by atoms with Crippen LogP contribution in [0.15, 0.2) is 24.3 Å². The van der Waals surface area contributed by atoms with Gasteiger partial charge in [-0.3, -0.25) is 4.79 Å². The van der Waals surface area contributed by atoms with Crippen molar-refractivity contribution in [1.82, 2.24) is 5.32 Å². The van der Waals surface area contributed by atoms with Gasteiger partial charge in [0.25, 0.3) is 0 Å². The van der Waals surface area contributed by atoms with Crippen molar-refractivity contribution >= 4 is 23.5 Å². The molecule has 0 aromatic heterocycles. The fourth-order valence-corrected chi connectivity index (χ4v) is 1.86. The molecule has 0 saturated heterocycles. The number of amides is 1. The van der Waals surface area contributed by atoms with Gasteiger partial charge in [0.2, 0.25) is 5.78 Å². The second kappa shape index (κ2) is 7.14. The van der Waals surface area contributed by atoms with Gasteiger partial charge >= 0.3 is 6.09 Å². The molecule has 0 bridgehead atoms. The van der Waals surface area contributed by atoms with E-state index in [1.54, 1.807) is 45.0 Å². The Hall–Kier alpha value is -1.99. The van der Waals surface area contributed by atoms with E-state index >= 15 is 0 Å². The predicted molar refractivity (Wildman–Crippen MR) is 82.2 cm³/mol. The lowest BCUT2D eigenvalue weighted by Crippen LogP contribution is -2.44. The molecule has 1 N–H and O–H groups in total. The van der Waals surface area contributed by atoms with Gasteiger partial charge in [-0.05, 0) is 38.3 Å². The Morgan fingerprint density at radius 2 is 2.00 bits per heavy atom. The molecule has 112 valence electrons. The normalized spacial score (nSPS) is 12.1. The Labute approximate surface area is 129 Å². The van der Waals surface area contributed by atoms with Gasteiger partial charge in [0.1, 0.15) is 11.6 Å². The minimum atomic E-state index is -0.871. The number of benzene rings is 1. The SMILES string of the molecule is C#CC(=O)[C@H](Cc1ccccc1Cl)NC(=O)OC(C)(C)C. The molecule has 0 heterocycles. The Morgan fingerprint density at radius 3 is 2.52 bits per heavy atom. The van der Waals surface area contributed by atoms with Crippen LogP contribution in [0.3, 0.4) is 0 Å². The number of ether oxygens (including phenoxy) is 1. The molecule has 0 radical (unpaired) electrons. The highest BCUT2D eigenvalue weighted by atomic mass is 35.5. The van der Waals surface area contributed by atoms with Crippen LogP contribution in [0.25, 0.3) is 0 Å². The zero-order valence-corrected chi connectivity index (χ0v) is 13.0. The number of carbonyl (C=O) groups excluding carboxylic acids is 2. The van der Waals surface area contributed by atoms with Crippen LogP contribution in [-0.2, 0) is 16.0 Å². The van der Waals surface area contributed by atoms with Crippen molar-refractivity contribution in [1.29, 1.82) is 0 Å². The lowest BCUT2D eigenvalue weighted by molar-refractivity contribution is -0.115. The van der Waals surface area contributed by atoms with Gasteiger partial charge in [-0.1, -0.05) is 29.8 Å². The van der Waals surface area contributed by atoms with Crippen LogP contribution in [0.5, 0.6) is 0 Å². The van der Waals surface area contributed by atoms with E-state index in [1.165, 1.54) is 0 Å². The maximum atomic E-state index is 11.8. The minimum Gasteiger partial charge on any atom is -0.444 e. The quantitative estimate of drug-likeness (QED) is 0.687. The van der Waals surface area contributed by atoms with E-state index in [1.807, 2.05) is 5.92 Å². The topological polar surface area (TPSA) is 55.4 Å². The van der Waals surface area contributed by atoms with E-state index in [0.29, 0.717) is 5.02 Å². The monoisotopic (exact) mass is 307 g/mol. The van der Waals surface area contributed by atoms with Crippen molar-refractivity contribution in [3.8, 4) is 12.3 Å². The fraction of sp³-hybridized carbons (Fsp3) is 0.375. The third-order valence-corrected chi connectivity index (χ3v) is 2.90. The molecule has 0 aliphatic heterocycles. The van der Waals surface area contributed by atoms with Crippen LogP contribution in [0.4, 0.5) is 4.79 Å². The number of halogens is 1. The van der Waals surface area contributed by atoms with Crippen LogP contribution >= 0.6 is 11.6 Å². The molecular formula is C16H18ClNO3. The molecule has 1 amide bonds. The smallest absolute Gasteiger partial charge is 0.408 e. The van der Waals surface area contributed by atoms with Crippen molar-refractivity contribution in [3.63, 3.8) is 0 Å². The summed E-state index contributed by atoms with van der Waals surface area (Å²) in [6.45, 7) is 5.20. The molecule has 1 aromatic carbocycles. The maximum absolute atomic E-state index is 11.8. The summed E-state index contributed by atoms with van der Waals surface area (Å²) < 4.78 is 5.13. The second-order valence-electron chi connectivity index (χ2n) is 5.50. The zero-order valence-electron chi connectivity index (χ0n) is 12.3. The standard InChI is InChI=1S/C16H18ClNO3/c1-5-14(19)13(18-15(20)21-16(2,3)4)10-11-8-6-7-9-12(11)17/h1,6-9,13H,10H2,2-4H3,(H,18,20)/t13-/m0/s1. The van der Waals surface area contributed by atoms with Crippen LogP contribution in [0, 0.1) is 12.3 Å². The van der Waals surface area contributed by atoms with Gasteiger partial charge in [0, 0.05) is 11.4 Å².